The molecule has 3 rings (SSSR count). The van der Waals surface area contributed by atoms with Crippen LogP contribution in [0.3, 0.4) is 0 Å². The largest absolute Gasteiger partial charge is 0.441 e. The number of carbonyl (C=O) groups is 2. The van der Waals surface area contributed by atoms with Gasteiger partial charge >= 0.3 is 6.09 Å². The Morgan fingerprint density at radius 1 is 1.17 bits per heavy atom. The molecular weight excluding hydrogens is 300 g/mol. The third kappa shape index (κ3) is 3.46. The molecule has 23 heavy (non-hydrogen) atoms. The van der Waals surface area contributed by atoms with Crippen LogP contribution < -0.4 is 10.6 Å². The van der Waals surface area contributed by atoms with Gasteiger partial charge in [0.05, 0.1) is 19.3 Å². The molecule has 1 aromatic carbocycles. The number of benzene rings is 1. The lowest BCUT2D eigenvalue weighted by Crippen LogP contribution is -2.44. The SMILES string of the molecule is CCNC(=O)O[C@H]1CO[C@@H]2[C@@H]1OC[C@@H]2NC(=O)c1ccccc1. The molecule has 2 amide bonds. The van der Waals surface area contributed by atoms with Crippen LogP contribution in [-0.2, 0) is 14.2 Å². The fourth-order valence-corrected chi connectivity index (χ4v) is 2.85. The minimum Gasteiger partial charge on any atom is -0.441 e. The minimum absolute atomic E-state index is 0.170. The lowest BCUT2D eigenvalue weighted by molar-refractivity contribution is 0.00408. The van der Waals surface area contributed by atoms with Crippen molar-refractivity contribution < 1.29 is 23.8 Å². The summed E-state index contributed by atoms with van der Waals surface area (Å²) < 4.78 is 16.6. The summed E-state index contributed by atoms with van der Waals surface area (Å²) >= 11 is 0. The molecule has 0 aliphatic carbocycles. The molecule has 0 aromatic heterocycles. The van der Waals surface area contributed by atoms with Crippen LogP contribution in [0, 0.1) is 0 Å². The molecule has 2 saturated heterocycles. The Kier molecular flexibility index (Phi) is 4.78. The van der Waals surface area contributed by atoms with Gasteiger partial charge in [0, 0.05) is 12.1 Å². The normalized spacial score (nSPS) is 28.9. The second-order valence-electron chi connectivity index (χ2n) is 5.52. The highest BCUT2D eigenvalue weighted by atomic mass is 16.6. The van der Waals surface area contributed by atoms with Gasteiger partial charge in [0.15, 0.2) is 6.10 Å². The summed E-state index contributed by atoms with van der Waals surface area (Å²) in [5, 5.41) is 5.50. The first-order valence-corrected chi connectivity index (χ1v) is 7.72. The second-order valence-corrected chi connectivity index (χ2v) is 5.52. The molecule has 2 aliphatic heterocycles. The standard InChI is InChI=1S/C16H20N2O5/c1-2-17-16(20)23-12-9-22-13-11(8-21-14(12)13)18-15(19)10-6-4-3-5-7-10/h3-7,11-14H,2,8-9H2,1H3,(H,17,20)(H,18,19)/t11-,12-,13-,14+/m0/s1. The molecule has 0 radical (unpaired) electrons. The number of rotatable bonds is 4. The number of ether oxygens (including phenoxy) is 3. The van der Waals surface area contributed by atoms with E-state index in [0.717, 1.165) is 0 Å². The molecule has 2 heterocycles. The maximum absolute atomic E-state index is 12.2. The van der Waals surface area contributed by atoms with Crippen molar-refractivity contribution in [3.63, 3.8) is 0 Å². The van der Waals surface area contributed by atoms with E-state index in [1.807, 2.05) is 25.1 Å². The van der Waals surface area contributed by atoms with E-state index in [4.69, 9.17) is 14.2 Å². The zero-order chi connectivity index (χ0) is 16.2. The quantitative estimate of drug-likeness (QED) is 0.853. The summed E-state index contributed by atoms with van der Waals surface area (Å²) in [6, 6.07) is 8.72. The van der Waals surface area contributed by atoms with E-state index in [1.165, 1.54) is 0 Å². The molecule has 1 aromatic rings. The summed E-state index contributed by atoms with van der Waals surface area (Å²) in [4.78, 5) is 23.7. The molecule has 0 spiro atoms. The number of amides is 2. The number of hydrogen-bond donors (Lipinski definition) is 2. The van der Waals surface area contributed by atoms with E-state index in [0.29, 0.717) is 18.7 Å². The first-order valence-electron chi connectivity index (χ1n) is 7.72. The number of fused-ring (bicyclic) bond motifs is 1. The molecular formula is C16H20N2O5. The van der Waals surface area contributed by atoms with E-state index >= 15 is 0 Å². The Balaban J connectivity index is 1.57. The van der Waals surface area contributed by atoms with Gasteiger partial charge in [0.1, 0.15) is 12.2 Å². The molecule has 4 atom stereocenters. The lowest BCUT2D eigenvalue weighted by Gasteiger charge is -2.18. The van der Waals surface area contributed by atoms with Crippen molar-refractivity contribution in [2.75, 3.05) is 19.8 Å². The second kappa shape index (κ2) is 6.97. The van der Waals surface area contributed by atoms with Crippen LogP contribution in [0.25, 0.3) is 0 Å². The third-order valence-electron chi connectivity index (χ3n) is 3.94. The first kappa shape index (κ1) is 15.8. The Hall–Kier alpha value is -2.12. The highest BCUT2D eigenvalue weighted by Gasteiger charge is 2.49. The Bertz CT molecular complexity index is 565. The highest BCUT2D eigenvalue weighted by Crippen LogP contribution is 2.29. The fraction of sp³-hybridized carbons (Fsp3) is 0.500. The van der Waals surface area contributed by atoms with Crippen LogP contribution in [-0.4, -0.2) is 56.1 Å². The van der Waals surface area contributed by atoms with Crippen LogP contribution in [0.15, 0.2) is 30.3 Å². The molecule has 2 aliphatic rings. The van der Waals surface area contributed by atoms with E-state index < -0.39 is 12.2 Å². The van der Waals surface area contributed by atoms with Gasteiger partial charge in [0.2, 0.25) is 0 Å². The van der Waals surface area contributed by atoms with Crippen LogP contribution in [0.1, 0.15) is 17.3 Å². The van der Waals surface area contributed by atoms with Gasteiger partial charge < -0.3 is 24.8 Å². The topological polar surface area (TPSA) is 85.9 Å². The predicted molar refractivity (Wildman–Crippen MR) is 81.1 cm³/mol. The van der Waals surface area contributed by atoms with Crippen LogP contribution in [0.4, 0.5) is 4.79 Å². The summed E-state index contributed by atoms with van der Waals surface area (Å²) in [6.45, 7) is 2.92. The van der Waals surface area contributed by atoms with Crippen molar-refractivity contribution >= 4 is 12.0 Å². The molecule has 7 nitrogen and oxygen atoms in total. The van der Waals surface area contributed by atoms with Gasteiger partial charge in [0.25, 0.3) is 5.91 Å². The molecule has 2 N–H and O–H groups in total. The average Bonchev–Trinajstić information content (AvgIpc) is 3.12. The van der Waals surface area contributed by atoms with Gasteiger partial charge in [-0.25, -0.2) is 4.79 Å². The Labute approximate surface area is 134 Å². The highest BCUT2D eigenvalue weighted by molar-refractivity contribution is 5.94. The molecule has 0 bridgehead atoms. The molecule has 124 valence electrons. The van der Waals surface area contributed by atoms with Crippen molar-refractivity contribution in [3.05, 3.63) is 35.9 Å². The number of alkyl carbamates (subject to hydrolysis) is 1. The van der Waals surface area contributed by atoms with E-state index in [9.17, 15) is 9.59 Å². The van der Waals surface area contributed by atoms with Crippen molar-refractivity contribution in [3.8, 4) is 0 Å². The van der Waals surface area contributed by atoms with Crippen LogP contribution >= 0.6 is 0 Å². The van der Waals surface area contributed by atoms with E-state index in [2.05, 4.69) is 10.6 Å². The first-order chi connectivity index (χ1) is 11.2. The predicted octanol–water partition coefficient (Wildman–Crippen LogP) is 0.697. The third-order valence-corrected chi connectivity index (χ3v) is 3.94. The smallest absolute Gasteiger partial charge is 0.407 e. The summed E-state index contributed by atoms with van der Waals surface area (Å²) in [5.74, 6) is -0.170. The summed E-state index contributed by atoms with van der Waals surface area (Å²) in [7, 11) is 0. The van der Waals surface area contributed by atoms with Gasteiger partial charge in [-0.1, -0.05) is 18.2 Å². The van der Waals surface area contributed by atoms with Crippen molar-refractivity contribution in [2.45, 2.75) is 31.3 Å². The zero-order valence-corrected chi connectivity index (χ0v) is 12.9. The van der Waals surface area contributed by atoms with Crippen molar-refractivity contribution in [2.24, 2.45) is 0 Å². The summed E-state index contributed by atoms with van der Waals surface area (Å²) in [5.41, 5.74) is 0.587. The minimum atomic E-state index is -0.484. The van der Waals surface area contributed by atoms with Gasteiger partial charge in [-0.05, 0) is 19.1 Å². The van der Waals surface area contributed by atoms with E-state index in [1.54, 1.807) is 12.1 Å². The van der Waals surface area contributed by atoms with Gasteiger partial charge in [-0.3, -0.25) is 4.79 Å². The Morgan fingerprint density at radius 3 is 2.65 bits per heavy atom. The number of nitrogens with one attached hydrogen (secondary N) is 2. The maximum atomic E-state index is 12.2. The summed E-state index contributed by atoms with van der Waals surface area (Å²) in [6.07, 6.45) is -1.59. The van der Waals surface area contributed by atoms with Gasteiger partial charge in [-0.15, -0.1) is 0 Å². The maximum Gasteiger partial charge on any atom is 0.407 e. The van der Waals surface area contributed by atoms with Gasteiger partial charge in [-0.2, -0.15) is 0 Å². The van der Waals surface area contributed by atoms with Crippen LogP contribution in [0.2, 0.25) is 0 Å². The molecule has 2 fully saturated rings. The number of carbonyl (C=O) groups excluding carboxylic acids is 2. The Morgan fingerprint density at radius 2 is 1.91 bits per heavy atom. The van der Waals surface area contributed by atoms with Crippen molar-refractivity contribution in [1.82, 2.24) is 10.6 Å². The lowest BCUT2D eigenvalue weighted by atomic mass is 10.1. The molecule has 0 saturated carbocycles. The van der Waals surface area contributed by atoms with Crippen molar-refractivity contribution in [1.29, 1.82) is 0 Å². The fourth-order valence-electron chi connectivity index (χ4n) is 2.85. The number of hydrogen-bond acceptors (Lipinski definition) is 5. The average molecular weight is 320 g/mol. The monoisotopic (exact) mass is 320 g/mol. The molecule has 0 unspecified atom stereocenters. The zero-order valence-electron chi connectivity index (χ0n) is 12.9. The van der Waals surface area contributed by atoms with Crippen LogP contribution in [0.5, 0.6) is 0 Å². The molecule has 7 heteroatoms. The van der Waals surface area contributed by atoms with E-state index in [-0.39, 0.29) is 30.8 Å².